The molecule has 1 aromatic rings. The Morgan fingerprint density at radius 3 is 2.72 bits per heavy atom. The summed E-state index contributed by atoms with van der Waals surface area (Å²) >= 11 is 5.79. The third-order valence-corrected chi connectivity index (χ3v) is 2.76. The maximum atomic E-state index is 11.7. The molecule has 0 spiro atoms. The van der Waals surface area contributed by atoms with Crippen molar-refractivity contribution in [1.82, 2.24) is 0 Å². The molecule has 0 aliphatic carbocycles. The van der Waals surface area contributed by atoms with E-state index >= 15 is 0 Å². The Balaban J connectivity index is 2.57. The van der Waals surface area contributed by atoms with E-state index in [9.17, 15) is 9.59 Å². The average molecular weight is 270 g/mol. The number of anilines is 1. The highest BCUT2D eigenvalue weighted by Gasteiger charge is 2.20. The Bertz CT molecular complexity index is 434. The average Bonchev–Trinajstić information content (AvgIpc) is 2.28. The minimum absolute atomic E-state index is 0.0182. The zero-order chi connectivity index (χ0) is 13.5. The second-order valence-corrected chi connectivity index (χ2v) is 4.52. The number of halogens is 1. The highest BCUT2D eigenvalue weighted by molar-refractivity contribution is 6.30. The zero-order valence-electron chi connectivity index (χ0n) is 10.1. The predicted octanol–water partition coefficient (Wildman–Crippen LogP) is 3.17. The third kappa shape index (κ3) is 4.75. The standard InChI is InChI=1S/C13H16ClNO3/c1-2-4-9(13(17)18)7-12(16)15-11-6-3-5-10(14)8-11/h3,5-6,8-9H,2,4,7H2,1H3,(H,15,16)(H,17,18). The second-order valence-electron chi connectivity index (χ2n) is 4.09. The Morgan fingerprint density at radius 2 is 2.17 bits per heavy atom. The summed E-state index contributed by atoms with van der Waals surface area (Å²) in [5, 5.41) is 12.1. The fourth-order valence-electron chi connectivity index (χ4n) is 1.66. The minimum Gasteiger partial charge on any atom is -0.481 e. The number of carboxylic acids is 1. The van der Waals surface area contributed by atoms with Gasteiger partial charge in [-0.05, 0) is 24.6 Å². The maximum Gasteiger partial charge on any atom is 0.307 e. The number of aliphatic carboxylic acids is 1. The van der Waals surface area contributed by atoms with Gasteiger partial charge in [-0.3, -0.25) is 9.59 Å². The van der Waals surface area contributed by atoms with E-state index < -0.39 is 11.9 Å². The maximum absolute atomic E-state index is 11.7. The molecule has 0 saturated carbocycles. The highest BCUT2D eigenvalue weighted by atomic mass is 35.5. The van der Waals surface area contributed by atoms with Crippen molar-refractivity contribution in [2.45, 2.75) is 26.2 Å². The zero-order valence-corrected chi connectivity index (χ0v) is 10.9. The van der Waals surface area contributed by atoms with E-state index in [1.54, 1.807) is 24.3 Å². The molecule has 0 aliphatic rings. The van der Waals surface area contributed by atoms with Crippen LogP contribution in [-0.4, -0.2) is 17.0 Å². The molecule has 1 rings (SSSR count). The van der Waals surface area contributed by atoms with Gasteiger partial charge in [0, 0.05) is 17.1 Å². The third-order valence-electron chi connectivity index (χ3n) is 2.53. The molecule has 5 heteroatoms. The van der Waals surface area contributed by atoms with Gasteiger partial charge in [0.25, 0.3) is 0 Å². The van der Waals surface area contributed by atoms with Gasteiger partial charge in [-0.25, -0.2) is 0 Å². The topological polar surface area (TPSA) is 66.4 Å². The molecular formula is C13H16ClNO3. The molecule has 1 atom stereocenters. The van der Waals surface area contributed by atoms with Gasteiger partial charge >= 0.3 is 5.97 Å². The Hall–Kier alpha value is -1.55. The lowest BCUT2D eigenvalue weighted by Gasteiger charge is -2.11. The summed E-state index contributed by atoms with van der Waals surface area (Å²) in [5.74, 6) is -1.87. The number of rotatable bonds is 6. The molecule has 98 valence electrons. The Kier molecular flexibility index (Phi) is 5.65. The van der Waals surface area contributed by atoms with Gasteiger partial charge in [0.1, 0.15) is 0 Å². The molecular weight excluding hydrogens is 254 g/mol. The lowest BCUT2D eigenvalue weighted by Crippen LogP contribution is -2.22. The van der Waals surface area contributed by atoms with Gasteiger partial charge in [0.15, 0.2) is 0 Å². The monoisotopic (exact) mass is 269 g/mol. The summed E-state index contributed by atoms with van der Waals surface area (Å²) in [6.45, 7) is 1.89. The molecule has 0 bridgehead atoms. The van der Waals surface area contributed by atoms with Crippen molar-refractivity contribution in [2.75, 3.05) is 5.32 Å². The van der Waals surface area contributed by atoms with Crippen LogP contribution < -0.4 is 5.32 Å². The Morgan fingerprint density at radius 1 is 1.44 bits per heavy atom. The molecule has 0 fully saturated rings. The number of amides is 1. The van der Waals surface area contributed by atoms with Crippen LogP contribution in [0.3, 0.4) is 0 Å². The summed E-state index contributed by atoms with van der Waals surface area (Å²) in [5.41, 5.74) is 0.577. The molecule has 1 aromatic carbocycles. The molecule has 0 aromatic heterocycles. The normalized spacial score (nSPS) is 11.9. The van der Waals surface area contributed by atoms with Crippen molar-refractivity contribution >= 4 is 29.2 Å². The minimum atomic E-state index is -0.932. The van der Waals surface area contributed by atoms with Crippen molar-refractivity contribution in [3.05, 3.63) is 29.3 Å². The number of carbonyl (C=O) groups is 2. The molecule has 0 aliphatic heterocycles. The van der Waals surface area contributed by atoms with E-state index in [1.165, 1.54) is 0 Å². The van der Waals surface area contributed by atoms with Crippen molar-refractivity contribution in [3.8, 4) is 0 Å². The van der Waals surface area contributed by atoms with Gasteiger partial charge in [-0.1, -0.05) is 31.0 Å². The lowest BCUT2D eigenvalue weighted by atomic mass is 10.00. The van der Waals surface area contributed by atoms with E-state index in [0.29, 0.717) is 17.1 Å². The van der Waals surface area contributed by atoms with E-state index in [4.69, 9.17) is 16.7 Å². The van der Waals surface area contributed by atoms with Crippen LogP contribution in [0.2, 0.25) is 5.02 Å². The number of carbonyl (C=O) groups excluding carboxylic acids is 1. The number of nitrogens with one attached hydrogen (secondary N) is 1. The summed E-state index contributed by atoms with van der Waals surface area (Å²) in [7, 11) is 0. The molecule has 18 heavy (non-hydrogen) atoms. The molecule has 4 nitrogen and oxygen atoms in total. The van der Waals surface area contributed by atoms with E-state index in [0.717, 1.165) is 6.42 Å². The van der Waals surface area contributed by atoms with Crippen LogP contribution >= 0.6 is 11.6 Å². The molecule has 2 N–H and O–H groups in total. The molecule has 1 amide bonds. The van der Waals surface area contributed by atoms with Crippen LogP contribution in [0.25, 0.3) is 0 Å². The van der Waals surface area contributed by atoms with E-state index in [2.05, 4.69) is 5.32 Å². The number of carboxylic acid groups (broad SMARTS) is 1. The number of benzene rings is 1. The molecule has 0 saturated heterocycles. The largest absolute Gasteiger partial charge is 0.481 e. The molecule has 0 radical (unpaired) electrons. The van der Waals surface area contributed by atoms with Crippen LogP contribution in [0, 0.1) is 5.92 Å². The van der Waals surface area contributed by atoms with Gasteiger partial charge in [0.05, 0.1) is 5.92 Å². The van der Waals surface area contributed by atoms with Crippen LogP contribution in [0.4, 0.5) is 5.69 Å². The van der Waals surface area contributed by atoms with Crippen LogP contribution in [0.15, 0.2) is 24.3 Å². The molecule has 0 heterocycles. The lowest BCUT2D eigenvalue weighted by molar-refractivity contribution is -0.143. The molecule has 1 unspecified atom stereocenters. The quantitative estimate of drug-likeness (QED) is 0.834. The fraction of sp³-hybridized carbons (Fsp3) is 0.385. The summed E-state index contributed by atoms with van der Waals surface area (Å²) in [4.78, 5) is 22.6. The van der Waals surface area contributed by atoms with Crippen molar-refractivity contribution in [2.24, 2.45) is 5.92 Å². The number of hydrogen-bond acceptors (Lipinski definition) is 2. The van der Waals surface area contributed by atoms with Crippen molar-refractivity contribution < 1.29 is 14.7 Å². The summed E-state index contributed by atoms with van der Waals surface area (Å²) < 4.78 is 0. The van der Waals surface area contributed by atoms with Gasteiger partial charge < -0.3 is 10.4 Å². The smallest absolute Gasteiger partial charge is 0.307 e. The van der Waals surface area contributed by atoms with E-state index in [-0.39, 0.29) is 12.3 Å². The first-order valence-electron chi connectivity index (χ1n) is 5.81. The first kappa shape index (κ1) is 14.5. The van der Waals surface area contributed by atoms with Crippen LogP contribution in [-0.2, 0) is 9.59 Å². The van der Waals surface area contributed by atoms with E-state index in [1.807, 2.05) is 6.92 Å². The first-order chi connectivity index (χ1) is 8.52. The number of hydrogen-bond donors (Lipinski definition) is 2. The predicted molar refractivity (Wildman–Crippen MR) is 70.7 cm³/mol. The van der Waals surface area contributed by atoms with Gasteiger partial charge in [0.2, 0.25) is 5.91 Å². The summed E-state index contributed by atoms with van der Waals surface area (Å²) in [6, 6.07) is 6.75. The first-order valence-corrected chi connectivity index (χ1v) is 6.19. The van der Waals surface area contributed by atoms with Crippen LogP contribution in [0.1, 0.15) is 26.2 Å². The summed E-state index contributed by atoms with van der Waals surface area (Å²) in [6.07, 6.45) is 1.22. The SMILES string of the molecule is CCCC(CC(=O)Nc1cccc(Cl)c1)C(=O)O. The second kappa shape index (κ2) is 7.01. The Labute approximate surface area is 111 Å². The van der Waals surface area contributed by atoms with Crippen molar-refractivity contribution in [1.29, 1.82) is 0 Å². The fourth-order valence-corrected chi connectivity index (χ4v) is 1.85. The van der Waals surface area contributed by atoms with Crippen LogP contribution in [0.5, 0.6) is 0 Å². The van der Waals surface area contributed by atoms with Crippen molar-refractivity contribution in [3.63, 3.8) is 0 Å². The van der Waals surface area contributed by atoms with Gasteiger partial charge in [-0.15, -0.1) is 0 Å². The van der Waals surface area contributed by atoms with Gasteiger partial charge in [-0.2, -0.15) is 0 Å². The highest BCUT2D eigenvalue weighted by Crippen LogP contribution is 2.17.